The van der Waals surface area contributed by atoms with Crippen LogP contribution in [0.25, 0.3) is 0 Å². The first-order valence-corrected chi connectivity index (χ1v) is 4.50. The van der Waals surface area contributed by atoms with Gasteiger partial charge in [-0.3, -0.25) is 0 Å². The first-order valence-electron chi connectivity index (χ1n) is 4.12. The Hall–Kier alpha value is -1.27. The number of hydrogen-bond acceptors (Lipinski definition) is 2. The molecule has 0 fully saturated rings. The van der Waals surface area contributed by atoms with Gasteiger partial charge in [0.15, 0.2) is 0 Å². The van der Waals surface area contributed by atoms with E-state index >= 15 is 0 Å². The fourth-order valence-electron chi connectivity index (χ4n) is 0.958. The van der Waals surface area contributed by atoms with Gasteiger partial charge in [0, 0.05) is 0 Å². The summed E-state index contributed by atoms with van der Waals surface area (Å²) < 4.78 is 18.0. The van der Waals surface area contributed by atoms with Crippen molar-refractivity contribution in [2.24, 2.45) is 0 Å². The van der Waals surface area contributed by atoms with Crippen molar-refractivity contribution in [3.05, 3.63) is 29.0 Å². The van der Waals surface area contributed by atoms with Crippen LogP contribution in [0.1, 0.15) is 13.3 Å². The molecule has 1 unspecified atom stereocenters. The Labute approximate surface area is 86.9 Å². The van der Waals surface area contributed by atoms with Crippen LogP contribution >= 0.6 is 11.6 Å². The van der Waals surface area contributed by atoms with E-state index in [2.05, 4.69) is 0 Å². The molecule has 1 aromatic carbocycles. The van der Waals surface area contributed by atoms with Crippen molar-refractivity contribution in [2.75, 3.05) is 0 Å². The zero-order chi connectivity index (χ0) is 10.6. The highest BCUT2D eigenvalue weighted by Crippen LogP contribution is 2.26. The lowest BCUT2D eigenvalue weighted by Crippen LogP contribution is -2.10. The smallest absolute Gasteiger partial charge is 0.138 e. The van der Waals surface area contributed by atoms with Crippen LogP contribution < -0.4 is 4.74 Å². The third-order valence-corrected chi connectivity index (χ3v) is 1.90. The Bertz CT molecular complexity index is 362. The van der Waals surface area contributed by atoms with Gasteiger partial charge in [0.1, 0.15) is 17.7 Å². The van der Waals surface area contributed by atoms with E-state index in [4.69, 9.17) is 21.6 Å². The van der Waals surface area contributed by atoms with Crippen LogP contribution in [0.5, 0.6) is 5.75 Å². The van der Waals surface area contributed by atoms with Crippen molar-refractivity contribution >= 4 is 11.6 Å². The number of ether oxygens (including phenoxy) is 1. The Morgan fingerprint density at radius 1 is 1.64 bits per heavy atom. The molecule has 0 saturated carbocycles. The first kappa shape index (κ1) is 10.8. The summed E-state index contributed by atoms with van der Waals surface area (Å²) in [7, 11) is 0. The fourth-order valence-corrected chi connectivity index (χ4v) is 1.17. The molecule has 0 aliphatic carbocycles. The largest absolute Gasteiger partial charge is 0.488 e. The second kappa shape index (κ2) is 4.83. The van der Waals surface area contributed by atoms with E-state index in [0.717, 1.165) is 0 Å². The van der Waals surface area contributed by atoms with Crippen LogP contribution in [-0.2, 0) is 0 Å². The molecule has 0 spiro atoms. The molecule has 2 nitrogen and oxygen atoms in total. The van der Waals surface area contributed by atoms with Gasteiger partial charge in [0.25, 0.3) is 0 Å². The van der Waals surface area contributed by atoms with Crippen LogP contribution in [0.4, 0.5) is 4.39 Å². The average molecular weight is 214 g/mol. The van der Waals surface area contributed by atoms with Crippen molar-refractivity contribution < 1.29 is 9.13 Å². The van der Waals surface area contributed by atoms with Gasteiger partial charge in [-0.2, -0.15) is 5.26 Å². The molecule has 1 aromatic rings. The lowest BCUT2D eigenvalue weighted by molar-refractivity contribution is 0.227. The molecule has 14 heavy (non-hydrogen) atoms. The SMILES string of the molecule is CC(CC#N)Oc1ccc(F)cc1Cl. The summed E-state index contributed by atoms with van der Waals surface area (Å²) in [6.07, 6.45) is 0.0243. The van der Waals surface area contributed by atoms with Crippen molar-refractivity contribution in [2.45, 2.75) is 19.4 Å². The highest BCUT2D eigenvalue weighted by molar-refractivity contribution is 6.32. The van der Waals surface area contributed by atoms with Crippen molar-refractivity contribution in [1.29, 1.82) is 5.26 Å². The summed E-state index contributed by atoms with van der Waals surface area (Å²) in [4.78, 5) is 0. The van der Waals surface area contributed by atoms with Gasteiger partial charge >= 0.3 is 0 Å². The second-order valence-electron chi connectivity index (χ2n) is 2.87. The first-order chi connectivity index (χ1) is 6.63. The fraction of sp³-hybridized carbons (Fsp3) is 0.300. The third-order valence-electron chi connectivity index (χ3n) is 1.60. The topological polar surface area (TPSA) is 33.0 Å². The van der Waals surface area contributed by atoms with E-state index in [9.17, 15) is 4.39 Å². The molecule has 74 valence electrons. The van der Waals surface area contributed by atoms with E-state index in [1.807, 2.05) is 6.07 Å². The standard InChI is InChI=1S/C10H9ClFNO/c1-7(4-5-13)14-10-3-2-8(12)6-9(10)11/h2-3,6-7H,4H2,1H3. The molecule has 0 heterocycles. The third kappa shape index (κ3) is 2.90. The monoisotopic (exact) mass is 213 g/mol. The predicted octanol–water partition coefficient (Wildman–Crippen LogP) is 3.16. The van der Waals surface area contributed by atoms with Gasteiger partial charge in [0.2, 0.25) is 0 Å². The van der Waals surface area contributed by atoms with Gasteiger partial charge in [-0.05, 0) is 25.1 Å². The van der Waals surface area contributed by atoms with Crippen molar-refractivity contribution in [1.82, 2.24) is 0 Å². The van der Waals surface area contributed by atoms with E-state index in [1.165, 1.54) is 18.2 Å². The average Bonchev–Trinajstić information content (AvgIpc) is 2.10. The summed E-state index contributed by atoms with van der Waals surface area (Å²) in [5.41, 5.74) is 0. The molecule has 0 amide bonds. The highest BCUT2D eigenvalue weighted by Gasteiger charge is 2.07. The molecule has 4 heteroatoms. The Kier molecular flexibility index (Phi) is 3.73. The molecule has 0 aliphatic rings. The maximum Gasteiger partial charge on any atom is 0.138 e. The summed E-state index contributed by atoms with van der Waals surface area (Å²) >= 11 is 5.73. The maximum atomic E-state index is 12.6. The quantitative estimate of drug-likeness (QED) is 0.773. The molecule has 0 N–H and O–H groups in total. The van der Waals surface area contributed by atoms with E-state index < -0.39 is 5.82 Å². The minimum atomic E-state index is -0.407. The van der Waals surface area contributed by atoms with E-state index in [0.29, 0.717) is 5.75 Å². The Morgan fingerprint density at radius 2 is 2.36 bits per heavy atom. The molecule has 0 aliphatic heterocycles. The number of halogens is 2. The van der Waals surface area contributed by atoms with Gasteiger partial charge in [-0.1, -0.05) is 11.6 Å². The van der Waals surface area contributed by atoms with Crippen LogP contribution in [0.2, 0.25) is 5.02 Å². The van der Waals surface area contributed by atoms with Crippen molar-refractivity contribution in [3.8, 4) is 11.8 Å². The van der Waals surface area contributed by atoms with Gasteiger partial charge in [-0.25, -0.2) is 4.39 Å². The molecule has 1 rings (SSSR count). The van der Waals surface area contributed by atoms with Gasteiger partial charge in [-0.15, -0.1) is 0 Å². The molecule has 0 radical (unpaired) electrons. The van der Waals surface area contributed by atoms with Crippen LogP contribution in [-0.4, -0.2) is 6.10 Å². The maximum absolute atomic E-state index is 12.6. The second-order valence-corrected chi connectivity index (χ2v) is 3.27. The summed E-state index contributed by atoms with van der Waals surface area (Å²) in [6.45, 7) is 1.75. The lowest BCUT2D eigenvalue weighted by Gasteiger charge is -2.12. The summed E-state index contributed by atoms with van der Waals surface area (Å²) in [6, 6.07) is 5.87. The zero-order valence-electron chi connectivity index (χ0n) is 7.63. The summed E-state index contributed by atoms with van der Waals surface area (Å²) in [5.74, 6) is -0.00824. The molecule has 0 bridgehead atoms. The minimum Gasteiger partial charge on any atom is -0.488 e. The normalized spacial score (nSPS) is 11.9. The minimum absolute atomic E-state index is 0.217. The molecule has 1 atom stereocenters. The predicted molar refractivity (Wildman–Crippen MR) is 51.7 cm³/mol. The number of hydrogen-bond donors (Lipinski definition) is 0. The number of nitriles is 1. The highest BCUT2D eigenvalue weighted by atomic mass is 35.5. The van der Waals surface area contributed by atoms with Crippen LogP contribution in [0, 0.1) is 17.1 Å². The van der Waals surface area contributed by atoms with Gasteiger partial charge < -0.3 is 4.74 Å². The zero-order valence-corrected chi connectivity index (χ0v) is 8.38. The number of nitrogens with zero attached hydrogens (tertiary/aromatic N) is 1. The van der Waals surface area contributed by atoms with Gasteiger partial charge in [0.05, 0.1) is 17.5 Å². The Balaban J connectivity index is 2.73. The Morgan fingerprint density at radius 3 is 2.93 bits per heavy atom. The molecular formula is C10H9ClFNO. The number of rotatable bonds is 3. The van der Waals surface area contributed by atoms with Crippen molar-refractivity contribution in [3.63, 3.8) is 0 Å². The lowest BCUT2D eigenvalue weighted by atomic mass is 10.3. The molecule has 0 aromatic heterocycles. The van der Waals surface area contributed by atoms with E-state index in [-0.39, 0.29) is 17.5 Å². The van der Waals surface area contributed by atoms with Crippen LogP contribution in [0.3, 0.4) is 0 Å². The van der Waals surface area contributed by atoms with E-state index in [1.54, 1.807) is 6.92 Å². The summed E-state index contributed by atoms with van der Waals surface area (Å²) in [5, 5.41) is 8.62. The molecule has 0 saturated heterocycles. The number of benzene rings is 1. The van der Waals surface area contributed by atoms with Crippen LogP contribution in [0.15, 0.2) is 18.2 Å². The molecular weight excluding hydrogens is 205 g/mol.